The van der Waals surface area contributed by atoms with Crippen molar-refractivity contribution in [2.24, 2.45) is 11.7 Å². The van der Waals surface area contributed by atoms with Gasteiger partial charge in [-0.1, -0.05) is 19.9 Å². The Morgan fingerprint density at radius 2 is 2.24 bits per heavy atom. The molecule has 2 aromatic rings. The zero-order valence-corrected chi connectivity index (χ0v) is 11.1. The van der Waals surface area contributed by atoms with E-state index >= 15 is 0 Å². The SMILES string of the molecule is CC(C)Cc1nc2c(OCCN)cccc2s1. The van der Waals surface area contributed by atoms with E-state index in [1.54, 1.807) is 11.3 Å². The molecule has 3 nitrogen and oxygen atoms in total. The molecule has 17 heavy (non-hydrogen) atoms. The summed E-state index contributed by atoms with van der Waals surface area (Å²) in [6, 6.07) is 6.05. The molecule has 0 aliphatic heterocycles. The van der Waals surface area contributed by atoms with Gasteiger partial charge < -0.3 is 10.5 Å². The Balaban J connectivity index is 2.31. The summed E-state index contributed by atoms with van der Waals surface area (Å²) in [5.41, 5.74) is 6.42. The molecule has 2 N–H and O–H groups in total. The minimum Gasteiger partial charge on any atom is -0.490 e. The molecule has 2 rings (SSSR count). The molecule has 0 radical (unpaired) electrons. The maximum atomic E-state index is 5.61. The van der Waals surface area contributed by atoms with Crippen molar-refractivity contribution in [1.82, 2.24) is 4.98 Å². The molecule has 0 aliphatic rings. The van der Waals surface area contributed by atoms with Gasteiger partial charge in [0.1, 0.15) is 17.9 Å². The predicted molar refractivity (Wildman–Crippen MR) is 72.7 cm³/mol. The summed E-state index contributed by atoms with van der Waals surface area (Å²) in [5.74, 6) is 1.48. The summed E-state index contributed by atoms with van der Waals surface area (Å²) in [4.78, 5) is 4.66. The Hall–Kier alpha value is -1.13. The van der Waals surface area contributed by atoms with E-state index in [1.807, 2.05) is 12.1 Å². The highest BCUT2D eigenvalue weighted by atomic mass is 32.1. The lowest BCUT2D eigenvalue weighted by molar-refractivity contribution is 0.331. The van der Waals surface area contributed by atoms with Gasteiger partial charge in [0.25, 0.3) is 0 Å². The lowest BCUT2D eigenvalue weighted by Gasteiger charge is -2.04. The standard InChI is InChI=1S/C13H18N2OS/c1-9(2)8-12-15-13-10(16-7-6-14)4-3-5-11(13)17-12/h3-5,9H,6-8,14H2,1-2H3. The molecule has 0 fully saturated rings. The van der Waals surface area contributed by atoms with E-state index in [4.69, 9.17) is 10.5 Å². The quantitative estimate of drug-likeness (QED) is 0.887. The molecule has 1 aromatic heterocycles. The number of rotatable bonds is 5. The van der Waals surface area contributed by atoms with Gasteiger partial charge in [-0.2, -0.15) is 0 Å². The van der Waals surface area contributed by atoms with Gasteiger partial charge in [-0.15, -0.1) is 11.3 Å². The fraction of sp³-hybridized carbons (Fsp3) is 0.462. The fourth-order valence-electron chi connectivity index (χ4n) is 1.69. The minimum atomic E-state index is 0.527. The molecule has 1 aromatic carbocycles. The second-order valence-corrected chi connectivity index (χ2v) is 5.56. The van der Waals surface area contributed by atoms with Gasteiger partial charge in [-0.25, -0.2) is 4.98 Å². The number of hydrogen-bond acceptors (Lipinski definition) is 4. The summed E-state index contributed by atoms with van der Waals surface area (Å²) in [6.07, 6.45) is 1.02. The number of thiazole rings is 1. The molecule has 0 atom stereocenters. The van der Waals surface area contributed by atoms with Crippen LogP contribution in [0.4, 0.5) is 0 Å². The Bertz CT molecular complexity index is 493. The minimum absolute atomic E-state index is 0.527. The molecule has 0 unspecified atom stereocenters. The van der Waals surface area contributed by atoms with Crippen molar-refractivity contribution in [3.8, 4) is 5.75 Å². The van der Waals surface area contributed by atoms with E-state index in [0.29, 0.717) is 19.1 Å². The number of fused-ring (bicyclic) bond motifs is 1. The van der Waals surface area contributed by atoms with Crippen LogP contribution in [0.15, 0.2) is 18.2 Å². The van der Waals surface area contributed by atoms with E-state index in [2.05, 4.69) is 24.9 Å². The highest BCUT2D eigenvalue weighted by molar-refractivity contribution is 7.18. The first-order valence-corrected chi connectivity index (χ1v) is 6.73. The van der Waals surface area contributed by atoms with Crippen molar-refractivity contribution in [1.29, 1.82) is 0 Å². The van der Waals surface area contributed by atoms with Crippen molar-refractivity contribution < 1.29 is 4.74 Å². The number of benzene rings is 1. The van der Waals surface area contributed by atoms with Crippen molar-refractivity contribution >= 4 is 21.6 Å². The van der Waals surface area contributed by atoms with Crippen molar-refractivity contribution in [3.05, 3.63) is 23.2 Å². The number of nitrogens with two attached hydrogens (primary N) is 1. The molecule has 0 spiro atoms. The maximum Gasteiger partial charge on any atom is 0.146 e. The van der Waals surface area contributed by atoms with Gasteiger partial charge in [-0.05, 0) is 18.1 Å². The van der Waals surface area contributed by atoms with Gasteiger partial charge in [0.15, 0.2) is 0 Å². The largest absolute Gasteiger partial charge is 0.490 e. The van der Waals surface area contributed by atoms with Crippen LogP contribution >= 0.6 is 11.3 Å². The van der Waals surface area contributed by atoms with Crippen molar-refractivity contribution in [3.63, 3.8) is 0 Å². The molecule has 0 bridgehead atoms. The van der Waals surface area contributed by atoms with E-state index in [1.165, 1.54) is 9.71 Å². The number of para-hydroxylation sites is 1. The third-order valence-electron chi connectivity index (χ3n) is 2.38. The fourth-order valence-corrected chi connectivity index (χ4v) is 2.89. The van der Waals surface area contributed by atoms with Crippen LogP contribution in [-0.2, 0) is 6.42 Å². The van der Waals surface area contributed by atoms with Gasteiger partial charge in [0, 0.05) is 13.0 Å². The number of nitrogens with zero attached hydrogens (tertiary/aromatic N) is 1. The molecule has 0 amide bonds. The Morgan fingerprint density at radius 3 is 2.94 bits per heavy atom. The smallest absolute Gasteiger partial charge is 0.146 e. The molecular formula is C13H18N2OS. The second kappa shape index (κ2) is 5.47. The van der Waals surface area contributed by atoms with Crippen LogP contribution in [0.1, 0.15) is 18.9 Å². The highest BCUT2D eigenvalue weighted by Gasteiger charge is 2.09. The Kier molecular flexibility index (Phi) is 3.97. The summed E-state index contributed by atoms with van der Waals surface area (Å²) in [5, 5.41) is 1.18. The average Bonchev–Trinajstić information content (AvgIpc) is 2.67. The molecular weight excluding hydrogens is 232 g/mol. The lowest BCUT2D eigenvalue weighted by atomic mass is 10.1. The van der Waals surface area contributed by atoms with Crippen LogP contribution in [0.2, 0.25) is 0 Å². The predicted octanol–water partition coefficient (Wildman–Crippen LogP) is 2.83. The normalized spacial score (nSPS) is 11.3. The molecule has 92 valence electrons. The highest BCUT2D eigenvalue weighted by Crippen LogP contribution is 2.30. The van der Waals surface area contributed by atoms with Gasteiger partial charge in [0.2, 0.25) is 0 Å². The van der Waals surface area contributed by atoms with E-state index in [-0.39, 0.29) is 0 Å². The molecule has 0 saturated heterocycles. The third kappa shape index (κ3) is 2.96. The van der Waals surface area contributed by atoms with Crippen LogP contribution in [-0.4, -0.2) is 18.1 Å². The first kappa shape index (κ1) is 12.3. The zero-order chi connectivity index (χ0) is 12.3. The molecule has 0 aliphatic carbocycles. The molecule has 0 saturated carbocycles. The number of hydrogen-bond donors (Lipinski definition) is 1. The first-order chi connectivity index (χ1) is 8.20. The van der Waals surface area contributed by atoms with Crippen molar-refractivity contribution in [2.45, 2.75) is 20.3 Å². The second-order valence-electron chi connectivity index (χ2n) is 4.45. The lowest BCUT2D eigenvalue weighted by Crippen LogP contribution is -2.10. The van der Waals surface area contributed by atoms with Crippen LogP contribution in [0.3, 0.4) is 0 Å². The topological polar surface area (TPSA) is 48.1 Å². The molecule has 4 heteroatoms. The first-order valence-electron chi connectivity index (χ1n) is 5.92. The summed E-state index contributed by atoms with van der Waals surface area (Å²) in [7, 11) is 0. The third-order valence-corrected chi connectivity index (χ3v) is 3.43. The van der Waals surface area contributed by atoms with Gasteiger partial charge >= 0.3 is 0 Å². The van der Waals surface area contributed by atoms with E-state index in [0.717, 1.165) is 17.7 Å². The van der Waals surface area contributed by atoms with Crippen LogP contribution in [0.25, 0.3) is 10.2 Å². The Morgan fingerprint density at radius 1 is 1.41 bits per heavy atom. The monoisotopic (exact) mass is 250 g/mol. The Labute approximate surface area is 106 Å². The van der Waals surface area contributed by atoms with Crippen LogP contribution in [0, 0.1) is 5.92 Å². The van der Waals surface area contributed by atoms with E-state index in [9.17, 15) is 0 Å². The number of ether oxygens (including phenoxy) is 1. The van der Waals surface area contributed by atoms with Crippen LogP contribution < -0.4 is 10.5 Å². The summed E-state index contributed by atoms with van der Waals surface area (Å²) >= 11 is 1.75. The average molecular weight is 250 g/mol. The van der Waals surface area contributed by atoms with Crippen molar-refractivity contribution in [2.75, 3.05) is 13.2 Å². The van der Waals surface area contributed by atoms with Crippen LogP contribution in [0.5, 0.6) is 5.75 Å². The number of aromatic nitrogens is 1. The maximum absolute atomic E-state index is 5.61. The van der Waals surface area contributed by atoms with Gasteiger partial charge in [0.05, 0.1) is 9.71 Å². The summed E-state index contributed by atoms with van der Waals surface area (Å²) in [6.45, 7) is 5.48. The van der Waals surface area contributed by atoms with Gasteiger partial charge in [-0.3, -0.25) is 0 Å². The summed E-state index contributed by atoms with van der Waals surface area (Å²) < 4.78 is 6.80. The molecule has 1 heterocycles. The zero-order valence-electron chi connectivity index (χ0n) is 10.3. The van der Waals surface area contributed by atoms with E-state index < -0.39 is 0 Å².